The lowest BCUT2D eigenvalue weighted by Gasteiger charge is -2.44. The van der Waals surface area contributed by atoms with Crippen molar-refractivity contribution < 1.29 is 13.9 Å². The van der Waals surface area contributed by atoms with Gasteiger partial charge in [0.05, 0.1) is 25.3 Å². The molecule has 2 saturated heterocycles. The van der Waals surface area contributed by atoms with Crippen LogP contribution in [0.5, 0.6) is 0 Å². The average Bonchev–Trinajstić information content (AvgIpc) is 3.30. The number of nitrogens with zero attached hydrogens (tertiary/aromatic N) is 2. The molecule has 2 aliphatic heterocycles. The zero-order valence-electron chi connectivity index (χ0n) is 16.0. The van der Waals surface area contributed by atoms with Gasteiger partial charge in [0.25, 0.3) is 0 Å². The van der Waals surface area contributed by atoms with Crippen LogP contribution < -0.4 is 0 Å². The van der Waals surface area contributed by atoms with E-state index in [0.717, 1.165) is 50.2 Å². The van der Waals surface area contributed by atoms with Gasteiger partial charge in [0.2, 0.25) is 5.91 Å². The highest BCUT2D eigenvalue weighted by Crippen LogP contribution is 2.45. The van der Waals surface area contributed by atoms with Crippen molar-refractivity contribution in [2.45, 2.75) is 37.3 Å². The monoisotopic (exact) mass is 368 g/mol. The molecule has 144 valence electrons. The zero-order valence-corrected chi connectivity index (χ0v) is 16.0. The van der Waals surface area contributed by atoms with Gasteiger partial charge in [-0.1, -0.05) is 30.3 Å². The maximum absolute atomic E-state index is 13.3. The lowest BCUT2D eigenvalue weighted by atomic mass is 9.81. The van der Waals surface area contributed by atoms with Crippen molar-refractivity contribution in [3.8, 4) is 0 Å². The Balaban J connectivity index is 1.50. The van der Waals surface area contributed by atoms with Crippen LogP contribution in [0.1, 0.15) is 36.5 Å². The average molecular weight is 368 g/mol. The summed E-state index contributed by atoms with van der Waals surface area (Å²) in [5, 5.41) is 0. The van der Waals surface area contributed by atoms with Gasteiger partial charge >= 0.3 is 0 Å². The van der Waals surface area contributed by atoms with Crippen LogP contribution in [-0.4, -0.2) is 54.6 Å². The third kappa shape index (κ3) is 3.66. The zero-order chi connectivity index (χ0) is 18.7. The third-order valence-corrected chi connectivity index (χ3v) is 6.19. The predicted molar refractivity (Wildman–Crippen MR) is 103 cm³/mol. The highest BCUT2D eigenvalue weighted by atomic mass is 16.5. The van der Waals surface area contributed by atoms with E-state index in [2.05, 4.69) is 21.9 Å². The molecule has 1 aromatic carbocycles. The van der Waals surface area contributed by atoms with Gasteiger partial charge < -0.3 is 14.1 Å². The molecule has 3 heterocycles. The highest BCUT2D eigenvalue weighted by Gasteiger charge is 2.51. The van der Waals surface area contributed by atoms with Crippen molar-refractivity contribution >= 4 is 5.91 Å². The molecule has 5 nitrogen and oxygen atoms in total. The van der Waals surface area contributed by atoms with Crippen molar-refractivity contribution in [2.24, 2.45) is 0 Å². The Morgan fingerprint density at radius 2 is 1.93 bits per heavy atom. The second-order valence-electron chi connectivity index (χ2n) is 7.73. The molecule has 1 aromatic heterocycles. The topological polar surface area (TPSA) is 45.9 Å². The van der Waals surface area contributed by atoms with E-state index in [0.29, 0.717) is 13.2 Å². The number of benzene rings is 1. The molecule has 0 aliphatic carbocycles. The van der Waals surface area contributed by atoms with Crippen molar-refractivity contribution in [2.75, 3.05) is 33.4 Å². The Bertz CT molecular complexity index is 736. The fraction of sp³-hybridized carbons (Fsp3) is 0.500. The summed E-state index contributed by atoms with van der Waals surface area (Å²) < 4.78 is 10.8. The number of methoxy groups -OCH3 is 1. The lowest BCUT2D eigenvalue weighted by Crippen LogP contribution is -2.53. The van der Waals surface area contributed by atoms with Crippen molar-refractivity contribution in [1.82, 2.24) is 9.80 Å². The van der Waals surface area contributed by atoms with E-state index >= 15 is 0 Å². The molecule has 0 saturated carbocycles. The van der Waals surface area contributed by atoms with Crippen LogP contribution in [0.15, 0.2) is 53.1 Å². The maximum Gasteiger partial charge on any atom is 0.230 e. The quantitative estimate of drug-likeness (QED) is 0.785. The van der Waals surface area contributed by atoms with Crippen LogP contribution >= 0.6 is 0 Å². The number of amides is 1. The number of hydrogen-bond acceptors (Lipinski definition) is 4. The largest absolute Gasteiger partial charge is 0.468 e. The summed E-state index contributed by atoms with van der Waals surface area (Å²) >= 11 is 0. The number of likely N-dealkylation sites (tertiary alicyclic amines) is 2. The molecular weight excluding hydrogens is 340 g/mol. The van der Waals surface area contributed by atoms with E-state index in [-0.39, 0.29) is 17.4 Å². The third-order valence-electron chi connectivity index (χ3n) is 6.19. The second-order valence-corrected chi connectivity index (χ2v) is 7.73. The minimum atomic E-state index is -0.0458. The van der Waals surface area contributed by atoms with Crippen LogP contribution in [-0.2, 0) is 16.1 Å². The summed E-state index contributed by atoms with van der Waals surface area (Å²) in [5.41, 5.74) is 1.09. The van der Waals surface area contributed by atoms with Gasteiger partial charge in [0.1, 0.15) is 5.76 Å². The fourth-order valence-electron chi connectivity index (χ4n) is 4.70. The molecule has 0 unspecified atom stereocenters. The summed E-state index contributed by atoms with van der Waals surface area (Å²) in [7, 11) is 1.70. The molecule has 5 heteroatoms. The van der Waals surface area contributed by atoms with Crippen LogP contribution in [0, 0.1) is 0 Å². The van der Waals surface area contributed by atoms with Gasteiger partial charge in [-0.15, -0.1) is 0 Å². The summed E-state index contributed by atoms with van der Waals surface area (Å²) in [4.78, 5) is 17.8. The molecule has 1 amide bonds. The van der Waals surface area contributed by atoms with Gasteiger partial charge in [0.15, 0.2) is 0 Å². The van der Waals surface area contributed by atoms with Gasteiger partial charge in [0, 0.05) is 32.3 Å². The summed E-state index contributed by atoms with van der Waals surface area (Å²) in [5.74, 6) is 1.24. The molecule has 4 rings (SSSR count). The van der Waals surface area contributed by atoms with Gasteiger partial charge in [-0.05, 0) is 37.0 Å². The van der Waals surface area contributed by atoms with Crippen LogP contribution in [0.3, 0.4) is 0 Å². The number of piperidine rings is 1. The van der Waals surface area contributed by atoms with E-state index < -0.39 is 0 Å². The summed E-state index contributed by atoms with van der Waals surface area (Å²) in [6, 6.07) is 14.2. The van der Waals surface area contributed by atoms with E-state index in [1.807, 2.05) is 30.3 Å². The smallest absolute Gasteiger partial charge is 0.230 e. The lowest BCUT2D eigenvalue weighted by molar-refractivity contribution is -0.134. The molecule has 27 heavy (non-hydrogen) atoms. The van der Waals surface area contributed by atoms with Crippen LogP contribution in [0.25, 0.3) is 0 Å². The Hall–Kier alpha value is -2.11. The fourth-order valence-corrected chi connectivity index (χ4v) is 4.70. The molecule has 1 spiro atoms. The maximum atomic E-state index is 13.3. The molecule has 1 atom stereocenters. The minimum Gasteiger partial charge on any atom is -0.468 e. The van der Waals surface area contributed by atoms with Crippen LogP contribution in [0.4, 0.5) is 0 Å². The SMILES string of the molecule is COCCN1C(=O)[C@H](c2ccccc2)CC12CCN(Cc1ccco1)CC2. The van der Waals surface area contributed by atoms with Crippen molar-refractivity contribution in [3.05, 3.63) is 60.1 Å². The normalized spacial score (nSPS) is 22.6. The highest BCUT2D eigenvalue weighted by molar-refractivity contribution is 5.87. The molecule has 2 aliphatic rings. The van der Waals surface area contributed by atoms with Gasteiger partial charge in [-0.25, -0.2) is 0 Å². The molecule has 0 bridgehead atoms. The van der Waals surface area contributed by atoms with Crippen molar-refractivity contribution in [1.29, 1.82) is 0 Å². The molecule has 0 N–H and O–H groups in total. The van der Waals surface area contributed by atoms with E-state index in [4.69, 9.17) is 9.15 Å². The first-order chi connectivity index (χ1) is 13.2. The standard InChI is InChI=1S/C22H28N2O3/c1-26-15-13-24-21(25)20(18-6-3-2-4-7-18)16-22(24)9-11-23(12-10-22)17-19-8-5-14-27-19/h2-8,14,20H,9-13,15-17H2,1H3/t20-/m0/s1. The molecular formula is C22H28N2O3. The Kier molecular flexibility index (Phi) is 5.32. The number of ether oxygens (including phenoxy) is 1. The Morgan fingerprint density at radius 1 is 1.15 bits per heavy atom. The number of furan rings is 1. The van der Waals surface area contributed by atoms with E-state index in [1.54, 1.807) is 13.4 Å². The van der Waals surface area contributed by atoms with E-state index in [1.165, 1.54) is 0 Å². The minimum absolute atomic E-state index is 0.0281. The first kappa shape index (κ1) is 18.3. The first-order valence-electron chi connectivity index (χ1n) is 9.82. The summed E-state index contributed by atoms with van der Waals surface area (Å²) in [6.07, 6.45) is 4.65. The number of rotatable bonds is 6. The summed E-state index contributed by atoms with van der Waals surface area (Å²) in [6.45, 7) is 4.08. The first-order valence-corrected chi connectivity index (χ1v) is 9.82. The van der Waals surface area contributed by atoms with E-state index in [9.17, 15) is 4.79 Å². The second kappa shape index (κ2) is 7.87. The Labute approximate surface area is 160 Å². The molecule has 2 fully saturated rings. The number of hydrogen-bond donors (Lipinski definition) is 0. The molecule has 0 radical (unpaired) electrons. The van der Waals surface area contributed by atoms with Gasteiger partial charge in [-0.2, -0.15) is 0 Å². The van der Waals surface area contributed by atoms with Crippen LogP contribution in [0.2, 0.25) is 0 Å². The number of carbonyl (C=O) groups excluding carboxylic acids is 1. The predicted octanol–water partition coefficient (Wildman–Crippen LogP) is 3.28. The number of carbonyl (C=O) groups is 1. The van der Waals surface area contributed by atoms with Gasteiger partial charge in [-0.3, -0.25) is 9.69 Å². The Morgan fingerprint density at radius 3 is 2.59 bits per heavy atom. The van der Waals surface area contributed by atoms with Crippen molar-refractivity contribution in [3.63, 3.8) is 0 Å². The molecule has 2 aromatic rings.